The van der Waals surface area contributed by atoms with Gasteiger partial charge in [0.2, 0.25) is 0 Å². The van der Waals surface area contributed by atoms with E-state index in [1.165, 1.54) is 11.1 Å². The van der Waals surface area contributed by atoms with Crippen molar-refractivity contribution in [2.45, 2.75) is 38.8 Å². The van der Waals surface area contributed by atoms with Crippen LogP contribution in [0.1, 0.15) is 31.4 Å². The van der Waals surface area contributed by atoms with Gasteiger partial charge in [-0.3, -0.25) is 0 Å². The number of hydrogen-bond donors (Lipinski definition) is 0. The molecule has 0 aliphatic rings. The predicted molar refractivity (Wildman–Crippen MR) is 84.5 cm³/mol. The molecule has 0 amide bonds. The Morgan fingerprint density at radius 3 is 2.47 bits per heavy atom. The average Bonchev–Trinajstić information content (AvgIpc) is 2.48. The van der Waals surface area contributed by atoms with E-state index >= 15 is 0 Å². The molecule has 0 aliphatic heterocycles. The smallest absolute Gasteiger partial charge is 0.337 e. The second-order valence-electron chi connectivity index (χ2n) is 4.68. The zero-order valence-corrected chi connectivity index (χ0v) is 13.4. The van der Waals surface area contributed by atoms with Gasteiger partial charge >= 0.3 is 8.56 Å². The lowest BCUT2D eigenvalue weighted by atomic mass is 10.0. The first kappa shape index (κ1) is 16.2. The molecule has 0 unspecified atom stereocenters. The summed E-state index contributed by atoms with van der Waals surface area (Å²) in [5, 5.41) is 0. The van der Waals surface area contributed by atoms with Gasteiger partial charge in [0.05, 0.1) is 0 Å². The maximum Gasteiger partial charge on any atom is 0.337 e. The van der Waals surface area contributed by atoms with Gasteiger partial charge in [0, 0.05) is 13.7 Å². The van der Waals surface area contributed by atoms with Crippen molar-refractivity contribution >= 4 is 14.6 Å². The van der Waals surface area contributed by atoms with Crippen LogP contribution in [0.25, 0.3) is 6.08 Å². The van der Waals surface area contributed by atoms with E-state index in [-0.39, 0.29) is 0 Å². The Balaban J connectivity index is 2.44. The van der Waals surface area contributed by atoms with Crippen molar-refractivity contribution in [3.05, 3.63) is 42.0 Å². The van der Waals surface area contributed by atoms with Gasteiger partial charge in [-0.15, -0.1) is 0 Å². The second kappa shape index (κ2) is 8.30. The van der Waals surface area contributed by atoms with Crippen LogP contribution in [0.2, 0.25) is 12.1 Å². The molecule has 0 heterocycles. The molecule has 0 aromatic heterocycles. The summed E-state index contributed by atoms with van der Waals surface area (Å²) in [4.78, 5) is 0. The summed E-state index contributed by atoms with van der Waals surface area (Å²) in [6, 6.07) is 10.4. The molecule has 0 saturated carbocycles. The zero-order valence-electron chi connectivity index (χ0n) is 12.4. The summed E-state index contributed by atoms with van der Waals surface area (Å²) in [6.45, 7) is 8.96. The third-order valence-electron chi connectivity index (χ3n) is 3.68. The minimum Gasteiger partial charge on any atom is -0.398 e. The van der Waals surface area contributed by atoms with Gasteiger partial charge in [-0.1, -0.05) is 50.8 Å². The molecule has 3 heteroatoms. The molecule has 0 N–H and O–H groups in total. The number of hydrogen-bond acceptors (Lipinski definition) is 2. The average molecular weight is 278 g/mol. The maximum absolute atomic E-state index is 6.06. The molecule has 0 aliphatic carbocycles. The Labute approximate surface area is 118 Å². The van der Waals surface area contributed by atoms with Crippen molar-refractivity contribution in [3.63, 3.8) is 0 Å². The highest BCUT2D eigenvalue weighted by Crippen LogP contribution is 2.18. The van der Waals surface area contributed by atoms with E-state index in [2.05, 4.69) is 38.6 Å². The normalized spacial score (nSPS) is 11.5. The lowest BCUT2D eigenvalue weighted by Crippen LogP contribution is -2.39. The van der Waals surface area contributed by atoms with Crippen LogP contribution in [0.4, 0.5) is 0 Å². The molecular formula is C16H26O2Si. The third-order valence-corrected chi connectivity index (χ3v) is 7.31. The molecule has 1 rings (SSSR count). The van der Waals surface area contributed by atoms with Gasteiger partial charge in [-0.25, -0.2) is 0 Å². The topological polar surface area (TPSA) is 18.5 Å². The number of rotatable bonds is 9. The van der Waals surface area contributed by atoms with Crippen molar-refractivity contribution in [2.75, 3.05) is 13.7 Å². The molecule has 19 heavy (non-hydrogen) atoms. The van der Waals surface area contributed by atoms with E-state index in [1.54, 1.807) is 7.11 Å². The Bertz CT molecular complexity index is 378. The maximum atomic E-state index is 6.06. The van der Waals surface area contributed by atoms with E-state index in [0.717, 1.165) is 31.5 Å². The highest BCUT2D eigenvalue weighted by molar-refractivity contribution is 6.67. The summed E-state index contributed by atoms with van der Waals surface area (Å²) in [5.74, 6) is 0. The van der Waals surface area contributed by atoms with E-state index in [0.29, 0.717) is 0 Å². The lowest BCUT2D eigenvalue weighted by molar-refractivity contribution is 0.197. The van der Waals surface area contributed by atoms with Crippen molar-refractivity contribution in [3.8, 4) is 0 Å². The van der Waals surface area contributed by atoms with Crippen LogP contribution in [0, 0.1) is 0 Å². The molecule has 0 bridgehead atoms. The van der Waals surface area contributed by atoms with Crippen LogP contribution in [0.3, 0.4) is 0 Å². The van der Waals surface area contributed by atoms with Crippen LogP contribution < -0.4 is 0 Å². The van der Waals surface area contributed by atoms with Gasteiger partial charge < -0.3 is 8.85 Å². The fourth-order valence-electron chi connectivity index (χ4n) is 2.28. The quantitative estimate of drug-likeness (QED) is 0.492. The van der Waals surface area contributed by atoms with Crippen LogP contribution in [-0.4, -0.2) is 22.3 Å². The Hall–Kier alpha value is -0.903. The van der Waals surface area contributed by atoms with Gasteiger partial charge in [0.25, 0.3) is 0 Å². The Morgan fingerprint density at radius 1 is 1.21 bits per heavy atom. The molecule has 0 fully saturated rings. The molecule has 1 aromatic rings. The fraction of sp³-hybridized carbons (Fsp3) is 0.500. The molecular weight excluding hydrogens is 252 g/mol. The van der Waals surface area contributed by atoms with Crippen LogP contribution in [0.15, 0.2) is 30.8 Å². The van der Waals surface area contributed by atoms with E-state index in [9.17, 15) is 0 Å². The molecule has 0 atom stereocenters. The summed E-state index contributed by atoms with van der Waals surface area (Å²) in [6.07, 6.45) is 3.98. The summed E-state index contributed by atoms with van der Waals surface area (Å²) >= 11 is 0. The first-order chi connectivity index (χ1) is 9.21. The number of benzene rings is 1. The molecule has 2 nitrogen and oxygen atoms in total. The second-order valence-corrected chi connectivity index (χ2v) is 8.61. The summed E-state index contributed by atoms with van der Waals surface area (Å²) < 4.78 is 11.7. The minimum absolute atomic E-state index is 0.785. The fourth-order valence-corrected chi connectivity index (χ4v) is 4.40. The highest BCUT2D eigenvalue weighted by atomic mass is 28.4. The highest BCUT2D eigenvalue weighted by Gasteiger charge is 2.31. The van der Waals surface area contributed by atoms with Crippen molar-refractivity contribution in [1.82, 2.24) is 0 Å². The first-order valence-corrected chi connectivity index (χ1v) is 9.34. The third kappa shape index (κ3) is 4.60. The SMILES string of the molecule is C=Cc1ccccc1CCCO[Si](CC)(CC)OC. The lowest BCUT2D eigenvalue weighted by Gasteiger charge is -2.26. The Kier molecular flexibility index (Phi) is 7.06. The van der Waals surface area contributed by atoms with Crippen LogP contribution in [-0.2, 0) is 15.3 Å². The van der Waals surface area contributed by atoms with Crippen LogP contribution in [0.5, 0.6) is 0 Å². The van der Waals surface area contributed by atoms with Gasteiger partial charge in [0.1, 0.15) is 0 Å². The number of aryl methyl sites for hydroxylation is 1. The monoisotopic (exact) mass is 278 g/mol. The molecule has 106 valence electrons. The molecule has 0 spiro atoms. The predicted octanol–water partition coefficient (Wildman–Crippen LogP) is 4.41. The summed E-state index contributed by atoms with van der Waals surface area (Å²) in [7, 11) is -0.114. The van der Waals surface area contributed by atoms with Gasteiger partial charge in [-0.2, -0.15) is 0 Å². The molecule has 1 aromatic carbocycles. The standard InChI is InChI=1S/C16H26O2Si/c1-5-15-11-8-9-12-16(15)13-10-14-18-19(6-2,7-3)17-4/h5,8-9,11-12H,1,6-7,10,13-14H2,2-4H3. The molecule has 0 saturated heterocycles. The zero-order chi connectivity index (χ0) is 14.1. The summed E-state index contributed by atoms with van der Waals surface area (Å²) in [5.41, 5.74) is 2.57. The van der Waals surface area contributed by atoms with Gasteiger partial charge in [0.15, 0.2) is 0 Å². The first-order valence-electron chi connectivity index (χ1n) is 7.10. The van der Waals surface area contributed by atoms with Crippen LogP contribution >= 0.6 is 0 Å². The van der Waals surface area contributed by atoms with E-state index in [4.69, 9.17) is 8.85 Å². The van der Waals surface area contributed by atoms with E-state index in [1.807, 2.05) is 12.1 Å². The van der Waals surface area contributed by atoms with Crippen molar-refractivity contribution in [2.24, 2.45) is 0 Å². The minimum atomic E-state index is -1.90. The Morgan fingerprint density at radius 2 is 1.89 bits per heavy atom. The van der Waals surface area contributed by atoms with E-state index < -0.39 is 8.56 Å². The van der Waals surface area contributed by atoms with Crippen molar-refractivity contribution in [1.29, 1.82) is 0 Å². The van der Waals surface area contributed by atoms with Crippen molar-refractivity contribution < 1.29 is 8.85 Å². The molecule has 0 radical (unpaired) electrons. The van der Waals surface area contributed by atoms with Gasteiger partial charge in [-0.05, 0) is 36.1 Å². The largest absolute Gasteiger partial charge is 0.398 e.